The van der Waals surface area contributed by atoms with E-state index in [0.717, 1.165) is 0 Å². The highest BCUT2D eigenvalue weighted by Gasteiger charge is 2.77. The maximum Gasteiger partial charge on any atom is 0.530 e. The fourth-order valence-electron chi connectivity index (χ4n) is 0.983. The average Bonchev–Trinajstić information content (AvgIpc) is 2.28. The molecule has 3 nitrogen and oxygen atoms in total. The van der Waals surface area contributed by atoms with Crippen molar-refractivity contribution < 1.29 is 44.3 Å². The first kappa shape index (κ1) is 19.5. The number of rotatable bonds is 8. The summed E-state index contributed by atoms with van der Waals surface area (Å²) >= 11 is 5.24. The lowest BCUT2D eigenvalue weighted by molar-refractivity contribution is -0.320. The first-order valence-corrected chi connectivity index (χ1v) is 7.90. The summed E-state index contributed by atoms with van der Waals surface area (Å²) in [6.07, 6.45) is -9.01. The van der Waals surface area contributed by atoms with Crippen molar-refractivity contribution in [3.8, 4) is 0 Å². The van der Waals surface area contributed by atoms with Gasteiger partial charge in [0.05, 0.1) is 0 Å². The zero-order valence-corrected chi connectivity index (χ0v) is 11.9. The molecule has 0 N–H and O–H groups in total. The van der Waals surface area contributed by atoms with Gasteiger partial charge in [0.2, 0.25) is 0 Å². The molecule has 0 aromatic heterocycles. The van der Waals surface area contributed by atoms with Crippen LogP contribution in [0.2, 0.25) is 0 Å². The first-order valence-electron chi connectivity index (χ1n) is 5.07. The van der Waals surface area contributed by atoms with Crippen molar-refractivity contribution in [1.82, 2.24) is 0 Å². The number of hydrogen-bond acceptors (Lipinski definition) is 3. The Kier molecular flexibility index (Phi) is 6.78. The molecule has 0 saturated heterocycles. The van der Waals surface area contributed by atoms with E-state index < -0.39 is 44.8 Å². The van der Waals surface area contributed by atoms with E-state index in [4.69, 9.17) is 11.1 Å². The zero-order chi connectivity index (χ0) is 16.2. The van der Waals surface area contributed by atoms with Gasteiger partial charge in [-0.15, -0.1) is 0 Å². The molecule has 0 aliphatic carbocycles. The Hall–Kier alpha value is -0.523. The Bertz CT molecular complexity index is 356. The van der Waals surface area contributed by atoms with Gasteiger partial charge in [0, 0.05) is 13.2 Å². The van der Waals surface area contributed by atoms with Crippen LogP contribution in [0.4, 0.5) is 30.7 Å². The van der Waals surface area contributed by atoms with Gasteiger partial charge in [0.25, 0.3) is 0 Å². The molecular weight excluding hydrogens is 341 g/mol. The summed E-state index contributed by atoms with van der Waals surface area (Å²) < 4.78 is 100. The van der Waals surface area contributed by atoms with E-state index in [1.807, 2.05) is 0 Å². The molecule has 20 heavy (non-hydrogen) atoms. The Balaban J connectivity index is 5.49. The van der Waals surface area contributed by atoms with Gasteiger partial charge in [-0.25, -0.2) is 0 Å². The van der Waals surface area contributed by atoms with Crippen molar-refractivity contribution in [1.29, 1.82) is 0 Å². The minimum absolute atomic E-state index is 0.517. The van der Waals surface area contributed by atoms with Crippen LogP contribution in [-0.2, 0) is 13.6 Å². The molecule has 0 aliphatic rings. The summed E-state index contributed by atoms with van der Waals surface area (Å²) in [5, 5.41) is 0. The van der Waals surface area contributed by atoms with Crippen LogP contribution >= 0.6 is 11.1 Å². The maximum absolute atomic E-state index is 13.6. The molecule has 0 aromatic rings. The summed E-state index contributed by atoms with van der Waals surface area (Å²) in [6, 6.07) is -3.14. The Morgan fingerprint density at radius 1 is 1.00 bits per heavy atom. The van der Waals surface area contributed by atoms with E-state index >= 15 is 0 Å². The predicted molar refractivity (Wildman–Crippen MR) is 56.2 cm³/mol. The van der Waals surface area contributed by atoms with Crippen molar-refractivity contribution in [3.05, 3.63) is 12.1 Å². The molecule has 0 rings (SSSR count). The third-order valence-electron chi connectivity index (χ3n) is 1.77. The van der Waals surface area contributed by atoms with Gasteiger partial charge < -0.3 is 13.6 Å². The van der Waals surface area contributed by atoms with Gasteiger partial charge in [-0.2, -0.15) is 30.7 Å². The molecule has 120 valence electrons. The highest BCUT2D eigenvalue weighted by Crippen LogP contribution is 2.46. The van der Waals surface area contributed by atoms with Crippen LogP contribution in [0.3, 0.4) is 0 Å². The molecule has 0 heterocycles. The summed E-state index contributed by atoms with van der Waals surface area (Å²) in [5.41, 5.74) is -5.33. The fraction of sp³-hybridized carbons (Fsp3) is 0.750. The number of halogens is 8. The van der Waals surface area contributed by atoms with Crippen LogP contribution in [0.15, 0.2) is 12.1 Å². The van der Waals surface area contributed by atoms with Crippen LogP contribution in [0.5, 0.6) is 0 Å². The lowest BCUT2D eigenvalue weighted by atomic mass is 10.6. The minimum atomic E-state index is -5.68. The Labute approximate surface area is 115 Å². The smallest absolute Gasteiger partial charge is 0.398 e. The summed E-state index contributed by atoms with van der Waals surface area (Å²) in [4.78, 5) is 0. The normalized spacial score (nSPS) is 13.3. The Morgan fingerprint density at radius 2 is 1.40 bits per heavy atom. The monoisotopic (exact) mass is 350 g/mol. The second kappa shape index (κ2) is 6.96. The molecule has 0 spiro atoms. The van der Waals surface area contributed by atoms with Gasteiger partial charge in [-0.1, -0.05) is 11.1 Å². The van der Waals surface area contributed by atoms with Crippen LogP contribution in [0.1, 0.15) is 13.8 Å². The van der Waals surface area contributed by atoms with Gasteiger partial charge in [0.1, 0.15) is 0 Å². The fourth-order valence-corrected chi connectivity index (χ4v) is 3.56. The number of alkyl halides is 4. The second-order valence-corrected chi connectivity index (χ2v) is 6.90. The minimum Gasteiger partial charge on any atom is -0.398 e. The van der Waals surface area contributed by atoms with Crippen molar-refractivity contribution in [3.63, 3.8) is 0 Å². The molecule has 0 atom stereocenters. The quantitative estimate of drug-likeness (QED) is 0.286. The van der Waals surface area contributed by atoms with Crippen molar-refractivity contribution in [2.75, 3.05) is 13.2 Å². The van der Waals surface area contributed by atoms with Crippen molar-refractivity contribution in [2.24, 2.45) is 0 Å². The SMILES string of the molecule is CCO[Si](Cl)(OCC)C(F)(F)C(F)(F)OC(F)=C(F)F. The summed E-state index contributed by atoms with van der Waals surface area (Å²) in [5.74, 6) is 0. The summed E-state index contributed by atoms with van der Waals surface area (Å²) in [6.45, 7) is 1.30. The predicted octanol–water partition coefficient (Wildman–Crippen LogP) is 4.06. The first-order chi connectivity index (χ1) is 8.95. The van der Waals surface area contributed by atoms with Gasteiger partial charge in [-0.05, 0) is 13.8 Å². The van der Waals surface area contributed by atoms with E-state index in [0.29, 0.717) is 0 Å². The van der Waals surface area contributed by atoms with E-state index in [2.05, 4.69) is 13.6 Å². The maximum atomic E-state index is 13.6. The number of hydrogen-bond donors (Lipinski definition) is 0. The Morgan fingerprint density at radius 3 is 1.70 bits per heavy atom. The van der Waals surface area contributed by atoms with Gasteiger partial charge >= 0.3 is 31.6 Å². The highest BCUT2D eigenvalue weighted by atomic mass is 35.6. The third-order valence-corrected chi connectivity index (χ3v) is 5.49. The number of ether oxygens (including phenoxy) is 1. The molecule has 0 bridgehead atoms. The third kappa shape index (κ3) is 3.99. The van der Waals surface area contributed by atoms with E-state index in [9.17, 15) is 30.7 Å². The average molecular weight is 351 g/mol. The molecule has 12 heteroatoms. The van der Waals surface area contributed by atoms with Crippen LogP contribution in [-0.4, -0.2) is 32.7 Å². The lowest BCUT2D eigenvalue weighted by Gasteiger charge is -2.34. The van der Waals surface area contributed by atoms with E-state index in [-0.39, 0.29) is 0 Å². The topological polar surface area (TPSA) is 27.7 Å². The zero-order valence-electron chi connectivity index (χ0n) is 10.2. The lowest BCUT2D eigenvalue weighted by Crippen LogP contribution is -2.63. The second-order valence-electron chi connectivity index (χ2n) is 3.13. The molecule has 0 aromatic carbocycles. The summed E-state index contributed by atoms with van der Waals surface area (Å²) in [7, 11) is -5.38. The standard InChI is InChI=1S/C8H10ClF7O3Si/c1-3-17-20(9,18-4-2)8(15,16)7(13,14)19-6(12)5(10)11/h3-4H2,1-2H3. The van der Waals surface area contributed by atoms with E-state index in [1.165, 1.54) is 13.8 Å². The van der Waals surface area contributed by atoms with E-state index in [1.54, 1.807) is 0 Å². The van der Waals surface area contributed by atoms with Crippen LogP contribution < -0.4 is 0 Å². The van der Waals surface area contributed by atoms with Crippen molar-refractivity contribution >= 4 is 18.9 Å². The molecular formula is C8H10ClF7O3Si. The molecule has 0 amide bonds. The molecule has 0 aliphatic heterocycles. The molecule has 0 fully saturated rings. The van der Waals surface area contributed by atoms with Crippen molar-refractivity contribution in [2.45, 2.75) is 25.5 Å². The van der Waals surface area contributed by atoms with Gasteiger partial charge in [-0.3, -0.25) is 0 Å². The highest BCUT2D eigenvalue weighted by molar-refractivity contribution is 7.14. The van der Waals surface area contributed by atoms with Gasteiger partial charge in [0.15, 0.2) is 0 Å². The largest absolute Gasteiger partial charge is 0.530 e. The molecule has 0 saturated carbocycles. The van der Waals surface area contributed by atoms with Crippen LogP contribution in [0, 0.1) is 0 Å². The van der Waals surface area contributed by atoms with Crippen LogP contribution in [0.25, 0.3) is 0 Å². The molecule has 0 unspecified atom stereocenters. The molecule has 0 radical (unpaired) electrons.